The lowest BCUT2D eigenvalue weighted by molar-refractivity contribution is 0.582. The van der Waals surface area contributed by atoms with Crippen LogP contribution >= 0.6 is 35.3 Å². The maximum Gasteiger partial charge on any atom is 0.148 e. The van der Waals surface area contributed by atoms with Crippen molar-refractivity contribution < 1.29 is 17.6 Å². The van der Waals surface area contributed by atoms with Gasteiger partial charge in [0.2, 0.25) is 0 Å². The van der Waals surface area contributed by atoms with Crippen molar-refractivity contribution in [1.29, 1.82) is 0 Å². The van der Waals surface area contributed by atoms with E-state index in [1.807, 2.05) is 35.7 Å². The number of halogens is 4. The Kier molecular flexibility index (Phi) is 12.0. The summed E-state index contributed by atoms with van der Waals surface area (Å²) in [6.07, 6.45) is 5.05. The summed E-state index contributed by atoms with van der Waals surface area (Å²) >= 11 is 6.16. The van der Waals surface area contributed by atoms with Gasteiger partial charge in [0.15, 0.2) is 0 Å². The van der Waals surface area contributed by atoms with Crippen LogP contribution in [0.15, 0.2) is 65.8 Å². The van der Waals surface area contributed by atoms with E-state index >= 15 is 0 Å². The summed E-state index contributed by atoms with van der Waals surface area (Å²) in [6.45, 7) is 1.96. The zero-order chi connectivity index (χ0) is 30.0. The van der Waals surface area contributed by atoms with Crippen LogP contribution in [-0.2, 0) is 0 Å². The topological polar surface area (TPSA) is 18.8 Å². The summed E-state index contributed by atoms with van der Waals surface area (Å²) < 4.78 is 57.3. The standard InChI is InChI=1S/C33H37F4N3S3/c34-26-7-10-30(37)33(22-26)40-32(23-31(38-40)25-19-27(35)21-28(36)20-25)24-5-8-29(9-6-24)39-11-1-13-41-15-3-17-43-18-4-16-42-14-2-12-39/h5-10,19-22,32H,1-4,11-18,23H2. The van der Waals surface area contributed by atoms with E-state index in [0.717, 1.165) is 73.0 Å². The fourth-order valence-corrected chi connectivity index (χ4v) is 8.41. The summed E-state index contributed by atoms with van der Waals surface area (Å²) in [5, 5.41) is 6.00. The van der Waals surface area contributed by atoms with Crippen LogP contribution in [0, 0.1) is 23.3 Å². The number of nitrogens with zero attached hydrogens (tertiary/aromatic N) is 3. The summed E-state index contributed by atoms with van der Waals surface area (Å²) in [7, 11) is 0. The molecule has 2 aliphatic rings. The molecule has 0 bridgehead atoms. The van der Waals surface area contributed by atoms with E-state index < -0.39 is 29.3 Å². The van der Waals surface area contributed by atoms with Crippen LogP contribution < -0.4 is 9.91 Å². The first-order valence-corrected chi connectivity index (χ1v) is 18.3. The number of hydrazone groups is 1. The van der Waals surface area contributed by atoms with Crippen molar-refractivity contribution in [3.8, 4) is 0 Å². The summed E-state index contributed by atoms with van der Waals surface area (Å²) in [6, 6.07) is 14.2. The van der Waals surface area contributed by atoms with Gasteiger partial charge in [-0.05, 0) is 102 Å². The van der Waals surface area contributed by atoms with E-state index in [0.29, 0.717) is 5.71 Å². The van der Waals surface area contributed by atoms with Crippen molar-refractivity contribution in [3.05, 3.63) is 95.1 Å². The summed E-state index contributed by atoms with van der Waals surface area (Å²) in [5.74, 6) is 4.59. The molecule has 0 aromatic heterocycles. The molecule has 0 radical (unpaired) electrons. The van der Waals surface area contributed by atoms with Crippen LogP contribution in [0.5, 0.6) is 0 Å². The molecule has 2 aliphatic heterocycles. The van der Waals surface area contributed by atoms with Gasteiger partial charge in [0, 0.05) is 42.9 Å². The molecule has 2 heterocycles. The Morgan fingerprint density at radius 3 is 1.81 bits per heavy atom. The van der Waals surface area contributed by atoms with Gasteiger partial charge >= 0.3 is 0 Å². The van der Waals surface area contributed by atoms with Crippen molar-refractivity contribution in [2.24, 2.45) is 5.10 Å². The number of hydrogen-bond acceptors (Lipinski definition) is 6. The average molecular weight is 648 g/mol. The minimum absolute atomic E-state index is 0.0177. The van der Waals surface area contributed by atoms with Crippen LogP contribution in [0.3, 0.4) is 0 Å². The van der Waals surface area contributed by atoms with E-state index in [1.165, 1.54) is 53.0 Å². The molecule has 43 heavy (non-hydrogen) atoms. The minimum atomic E-state index is -0.715. The number of thioether (sulfide) groups is 3. The molecular weight excluding hydrogens is 611 g/mol. The molecule has 0 aliphatic carbocycles. The normalized spacial score (nSPS) is 19.8. The lowest BCUT2D eigenvalue weighted by atomic mass is 9.97. The first-order valence-electron chi connectivity index (χ1n) is 14.8. The molecule has 0 saturated carbocycles. The quantitative estimate of drug-likeness (QED) is 0.262. The zero-order valence-corrected chi connectivity index (χ0v) is 26.6. The van der Waals surface area contributed by atoms with Crippen molar-refractivity contribution in [1.82, 2.24) is 0 Å². The molecule has 1 saturated heterocycles. The predicted octanol–water partition coefficient (Wildman–Crippen LogP) is 9.18. The monoisotopic (exact) mass is 647 g/mol. The second-order valence-electron chi connectivity index (χ2n) is 10.7. The average Bonchev–Trinajstić information content (AvgIpc) is 3.44. The lowest BCUT2D eigenvalue weighted by Gasteiger charge is -2.27. The predicted molar refractivity (Wildman–Crippen MR) is 178 cm³/mol. The van der Waals surface area contributed by atoms with Gasteiger partial charge in [-0.25, -0.2) is 17.6 Å². The van der Waals surface area contributed by atoms with Crippen LogP contribution in [0.25, 0.3) is 0 Å². The largest absolute Gasteiger partial charge is 0.371 e. The minimum Gasteiger partial charge on any atom is -0.371 e. The first-order chi connectivity index (χ1) is 21.0. The molecule has 1 unspecified atom stereocenters. The Labute approximate surface area is 264 Å². The van der Waals surface area contributed by atoms with E-state index in [4.69, 9.17) is 0 Å². The number of rotatable bonds is 4. The molecule has 3 aromatic rings. The Hall–Kier alpha value is -2.30. The highest BCUT2D eigenvalue weighted by Crippen LogP contribution is 2.39. The Bertz CT molecular complexity index is 1340. The molecule has 3 nitrogen and oxygen atoms in total. The highest BCUT2D eigenvalue weighted by atomic mass is 32.2. The van der Waals surface area contributed by atoms with Gasteiger partial charge in [0.1, 0.15) is 23.3 Å². The van der Waals surface area contributed by atoms with Crippen LogP contribution in [0.4, 0.5) is 28.9 Å². The zero-order valence-electron chi connectivity index (χ0n) is 24.1. The Morgan fingerprint density at radius 2 is 1.21 bits per heavy atom. The first kappa shape index (κ1) is 32.1. The number of anilines is 2. The molecule has 10 heteroatoms. The Morgan fingerprint density at radius 1 is 0.628 bits per heavy atom. The molecule has 230 valence electrons. The van der Waals surface area contributed by atoms with Gasteiger partial charge in [-0.3, -0.25) is 5.01 Å². The van der Waals surface area contributed by atoms with Gasteiger partial charge in [-0.15, -0.1) is 0 Å². The molecular formula is C33H37F4N3S3. The van der Waals surface area contributed by atoms with Gasteiger partial charge in [-0.1, -0.05) is 12.1 Å². The van der Waals surface area contributed by atoms with E-state index in [1.54, 1.807) is 0 Å². The maximum absolute atomic E-state index is 14.9. The summed E-state index contributed by atoms with van der Waals surface area (Å²) in [4.78, 5) is 2.45. The molecule has 0 spiro atoms. The molecule has 5 rings (SSSR count). The molecule has 3 aromatic carbocycles. The van der Waals surface area contributed by atoms with Crippen LogP contribution in [0.1, 0.15) is 49.3 Å². The highest BCUT2D eigenvalue weighted by molar-refractivity contribution is 8.00. The molecule has 0 amide bonds. The molecule has 1 fully saturated rings. The molecule has 0 N–H and O–H groups in total. The SMILES string of the molecule is Fc1cc(F)cc(C2=NN(c3cc(F)ccc3F)C(c3ccc(N4CCCSCCCSCCCSCCC4)cc3)C2)c1. The van der Waals surface area contributed by atoms with Gasteiger partial charge in [0.05, 0.1) is 17.4 Å². The third-order valence-corrected chi connectivity index (χ3v) is 11.0. The van der Waals surface area contributed by atoms with Gasteiger partial charge in [-0.2, -0.15) is 40.4 Å². The van der Waals surface area contributed by atoms with Crippen LogP contribution in [0.2, 0.25) is 0 Å². The highest BCUT2D eigenvalue weighted by Gasteiger charge is 2.32. The second-order valence-corrected chi connectivity index (χ2v) is 14.4. The fraction of sp³-hybridized carbons (Fsp3) is 0.424. The fourth-order valence-electron chi connectivity index (χ4n) is 5.37. The Balaban J connectivity index is 1.35. The number of benzene rings is 3. The van der Waals surface area contributed by atoms with E-state index in [-0.39, 0.29) is 17.7 Å². The number of hydrogen-bond donors (Lipinski definition) is 0. The van der Waals surface area contributed by atoms with Gasteiger partial charge < -0.3 is 4.90 Å². The maximum atomic E-state index is 14.9. The third-order valence-electron chi connectivity index (χ3n) is 7.49. The second kappa shape index (κ2) is 16.1. The van der Waals surface area contributed by atoms with E-state index in [2.05, 4.69) is 33.9 Å². The van der Waals surface area contributed by atoms with Crippen molar-refractivity contribution in [2.75, 3.05) is 57.5 Å². The van der Waals surface area contributed by atoms with E-state index in [9.17, 15) is 17.6 Å². The third kappa shape index (κ3) is 9.11. The molecule has 1 atom stereocenters. The van der Waals surface area contributed by atoms with Gasteiger partial charge in [0.25, 0.3) is 0 Å². The lowest BCUT2D eigenvalue weighted by Crippen LogP contribution is -2.27. The van der Waals surface area contributed by atoms with Crippen molar-refractivity contribution >= 4 is 52.4 Å². The summed E-state index contributed by atoms with van der Waals surface area (Å²) in [5.41, 5.74) is 2.67. The van der Waals surface area contributed by atoms with Crippen LogP contribution in [-0.4, -0.2) is 53.3 Å². The van der Waals surface area contributed by atoms with Crippen molar-refractivity contribution in [2.45, 2.75) is 38.1 Å². The smallest absolute Gasteiger partial charge is 0.148 e. The van der Waals surface area contributed by atoms with Crippen molar-refractivity contribution in [3.63, 3.8) is 0 Å².